The number of imide groups is 1. The van der Waals surface area contributed by atoms with Gasteiger partial charge in [-0.05, 0) is 24.3 Å². The summed E-state index contributed by atoms with van der Waals surface area (Å²) in [6.07, 6.45) is 0. The molecule has 2 amide bonds. The minimum Gasteiger partial charge on any atom is -0.382 e. The first kappa shape index (κ1) is 15.2. The van der Waals surface area contributed by atoms with Crippen LogP contribution in [0.1, 0.15) is 20.7 Å². The zero-order valence-electron chi connectivity index (χ0n) is 12.0. The molecule has 0 saturated carbocycles. The van der Waals surface area contributed by atoms with Gasteiger partial charge in [-0.3, -0.25) is 14.5 Å². The Balaban J connectivity index is 1.69. The Labute approximate surface area is 133 Å². The average Bonchev–Trinajstić information content (AvgIpc) is 2.78. The fraction of sp³-hybridized carbons (Fsp3) is 0.125. The van der Waals surface area contributed by atoms with E-state index in [0.29, 0.717) is 11.1 Å². The van der Waals surface area contributed by atoms with Crippen molar-refractivity contribution in [1.82, 2.24) is 4.90 Å². The van der Waals surface area contributed by atoms with Crippen LogP contribution < -0.4 is 4.18 Å². The molecule has 0 radical (unpaired) electrons. The summed E-state index contributed by atoms with van der Waals surface area (Å²) in [5, 5.41) is 0. The first-order chi connectivity index (χ1) is 11.0. The van der Waals surface area contributed by atoms with Gasteiger partial charge in [0.1, 0.15) is 11.5 Å². The minimum absolute atomic E-state index is 0.190. The number of hydrogen-bond acceptors (Lipinski definition) is 5. The van der Waals surface area contributed by atoms with Gasteiger partial charge >= 0.3 is 10.1 Å². The molecule has 0 saturated heterocycles. The Morgan fingerprint density at radius 1 is 0.826 bits per heavy atom. The van der Waals surface area contributed by atoms with Crippen LogP contribution in [-0.2, 0) is 10.1 Å². The third kappa shape index (κ3) is 3.09. The van der Waals surface area contributed by atoms with E-state index in [-0.39, 0.29) is 12.3 Å². The largest absolute Gasteiger partial charge is 0.382 e. The number of fused-ring (bicyclic) bond motifs is 1. The molecule has 0 fully saturated rings. The van der Waals surface area contributed by atoms with E-state index in [9.17, 15) is 18.0 Å². The third-order valence-electron chi connectivity index (χ3n) is 3.41. The lowest BCUT2D eigenvalue weighted by Gasteiger charge is -2.14. The molecule has 0 bridgehead atoms. The van der Waals surface area contributed by atoms with E-state index in [2.05, 4.69) is 0 Å². The highest BCUT2D eigenvalue weighted by Crippen LogP contribution is 2.22. The van der Waals surface area contributed by atoms with Crippen LogP contribution in [0.5, 0.6) is 5.75 Å². The van der Waals surface area contributed by atoms with Crippen LogP contribution >= 0.6 is 0 Å². The van der Waals surface area contributed by atoms with Gasteiger partial charge in [0.15, 0.2) is 0 Å². The van der Waals surface area contributed by atoms with Gasteiger partial charge < -0.3 is 4.18 Å². The van der Waals surface area contributed by atoms with Crippen LogP contribution in [0.2, 0.25) is 0 Å². The summed E-state index contributed by atoms with van der Waals surface area (Å²) in [4.78, 5) is 25.2. The van der Waals surface area contributed by atoms with Gasteiger partial charge in [0.2, 0.25) is 0 Å². The summed E-state index contributed by atoms with van der Waals surface area (Å²) in [6, 6.07) is 14.5. The Kier molecular flexibility index (Phi) is 3.87. The lowest BCUT2D eigenvalue weighted by atomic mass is 10.1. The van der Waals surface area contributed by atoms with E-state index in [4.69, 9.17) is 4.18 Å². The lowest BCUT2D eigenvalue weighted by Crippen LogP contribution is -2.35. The van der Waals surface area contributed by atoms with Gasteiger partial charge in [-0.2, -0.15) is 8.42 Å². The van der Waals surface area contributed by atoms with Gasteiger partial charge in [0.05, 0.1) is 11.1 Å². The summed E-state index contributed by atoms with van der Waals surface area (Å²) in [5.74, 6) is -1.25. The van der Waals surface area contributed by atoms with Crippen molar-refractivity contribution in [3.05, 3.63) is 65.7 Å². The van der Waals surface area contributed by atoms with Crippen LogP contribution in [0.15, 0.2) is 54.6 Å². The molecule has 1 aliphatic heterocycles. The molecule has 118 valence electrons. The Hall–Kier alpha value is -2.67. The molecule has 2 aromatic carbocycles. The Bertz CT molecular complexity index is 826. The smallest absolute Gasteiger partial charge is 0.310 e. The summed E-state index contributed by atoms with van der Waals surface area (Å²) in [5.41, 5.74) is 0.581. The quantitative estimate of drug-likeness (QED) is 0.615. The molecule has 0 N–H and O–H groups in total. The zero-order chi connectivity index (χ0) is 16.4. The number of carbonyl (C=O) groups excluding carboxylic acids is 2. The Morgan fingerprint density at radius 2 is 1.35 bits per heavy atom. The van der Waals surface area contributed by atoms with Crippen molar-refractivity contribution in [2.45, 2.75) is 0 Å². The molecule has 1 heterocycles. The van der Waals surface area contributed by atoms with E-state index in [1.807, 2.05) is 0 Å². The molecule has 6 nitrogen and oxygen atoms in total. The first-order valence-corrected chi connectivity index (χ1v) is 8.48. The monoisotopic (exact) mass is 331 g/mol. The SMILES string of the molecule is O=C1c2ccccc2C(=O)N1CCS(=O)(=O)Oc1ccccc1. The standard InChI is InChI=1S/C16H13NO5S/c18-15-13-8-4-5-9-14(13)16(19)17(15)10-11-23(20,21)22-12-6-2-1-3-7-12/h1-9H,10-11H2. The van der Waals surface area contributed by atoms with Crippen LogP contribution in [0.3, 0.4) is 0 Å². The highest BCUT2D eigenvalue weighted by molar-refractivity contribution is 7.87. The normalized spacial score (nSPS) is 14.0. The van der Waals surface area contributed by atoms with E-state index in [1.54, 1.807) is 42.5 Å². The topological polar surface area (TPSA) is 80.8 Å². The molecule has 2 aromatic rings. The van der Waals surface area contributed by atoms with Crippen molar-refractivity contribution in [1.29, 1.82) is 0 Å². The summed E-state index contributed by atoms with van der Waals surface area (Å²) < 4.78 is 28.9. The van der Waals surface area contributed by atoms with E-state index < -0.39 is 27.7 Å². The van der Waals surface area contributed by atoms with Gasteiger partial charge in [0.25, 0.3) is 11.8 Å². The molecule has 0 atom stereocenters. The van der Waals surface area contributed by atoms with Crippen molar-refractivity contribution < 1.29 is 22.2 Å². The number of para-hydroxylation sites is 1. The van der Waals surface area contributed by atoms with E-state index in [1.165, 1.54) is 12.1 Å². The second kappa shape index (κ2) is 5.85. The second-order valence-corrected chi connectivity index (χ2v) is 6.66. The Morgan fingerprint density at radius 3 is 1.91 bits per heavy atom. The van der Waals surface area contributed by atoms with Crippen LogP contribution in [0.25, 0.3) is 0 Å². The number of carbonyl (C=O) groups is 2. The lowest BCUT2D eigenvalue weighted by molar-refractivity contribution is 0.0664. The zero-order valence-corrected chi connectivity index (χ0v) is 12.8. The number of hydrogen-bond donors (Lipinski definition) is 0. The first-order valence-electron chi connectivity index (χ1n) is 6.90. The van der Waals surface area contributed by atoms with Crippen molar-refractivity contribution >= 4 is 21.9 Å². The number of rotatable bonds is 5. The van der Waals surface area contributed by atoms with Gasteiger partial charge in [-0.15, -0.1) is 0 Å². The maximum absolute atomic E-state index is 12.2. The van der Waals surface area contributed by atoms with Crippen LogP contribution in [0.4, 0.5) is 0 Å². The van der Waals surface area contributed by atoms with Crippen molar-refractivity contribution in [3.8, 4) is 5.75 Å². The number of nitrogens with zero attached hydrogens (tertiary/aromatic N) is 1. The molecule has 0 aromatic heterocycles. The summed E-state index contributed by atoms with van der Waals surface area (Å²) >= 11 is 0. The molecule has 7 heteroatoms. The fourth-order valence-corrected chi connectivity index (χ4v) is 3.20. The summed E-state index contributed by atoms with van der Waals surface area (Å²) in [7, 11) is -3.90. The molecular formula is C16H13NO5S. The summed E-state index contributed by atoms with van der Waals surface area (Å²) in [6.45, 7) is -0.248. The number of amides is 2. The minimum atomic E-state index is -3.90. The van der Waals surface area contributed by atoms with Crippen molar-refractivity contribution in [2.75, 3.05) is 12.3 Å². The highest BCUT2D eigenvalue weighted by atomic mass is 32.2. The predicted octanol–water partition coefficient (Wildman–Crippen LogP) is 1.69. The molecule has 1 aliphatic rings. The van der Waals surface area contributed by atoms with Crippen LogP contribution in [-0.4, -0.2) is 37.4 Å². The molecule has 23 heavy (non-hydrogen) atoms. The van der Waals surface area contributed by atoms with E-state index in [0.717, 1.165) is 4.90 Å². The average molecular weight is 331 g/mol. The maximum Gasteiger partial charge on any atom is 0.310 e. The van der Waals surface area contributed by atoms with Gasteiger partial charge in [0, 0.05) is 6.54 Å². The van der Waals surface area contributed by atoms with Gasteiger partial charge in [-0.1, -0.05) is 30.3 Å². The molecule has 0 aliphatic carbocycles. The molecule has 3 rings (SSSR count). The maximum atomic E-state index is 12.2. The van der Waals surface area contributed by atoms with Crippen molar-refractivity contribution in [3.63, 3.8) is 0 Å². The second-order valence-electron chi connectivity index (χ2n) is 4.97. The highest BCUT2D eigenvalue weighted by Gasteiger charge is 2.35. The van der Waals surface area contributed by atoms with E-state index >= 15 is 0 Å². The predicted molar refractivity (Wildman–Crippen MR) is 82.7 cm³/mol. The molecular weight excluding hydrogens is 318 g/mol. The van der Waals surface area contributed by atoms with Crippen LogP contribution in [0, 0.1) is 0 Å². The molecule has 0 spiro atoms. The van der Waals surface area contributed by atoms with Gasteiger partial charge in [-0.25, -0.2) is 0 Å². The molecule has 0 unspecified atom stereocenters. The third-order valence-corrected chi connectivity index (χ3v) is 4.54. The van der Waals surface area contributed by atoms with Crippen molar-refractivity contribution in [2.24, 2.45) is 0 Å². The fourth-order valence-electron chi connectivity index (χ4n) is 2.31. The number of benzene rings is 2.